The Bertz CT molecular complexity index is 1170. The Labute approximate surface area is 259 Å². The van der Waals surface area contributed by atoms with Gasteiger partial charge in [0.05, 0.1) is 25.4 Å². The number of carboxylic acid groups (broad SMARTS) is 1. The average Bonchev–Trinajstić information content (AvgIpc) is 2.99. The van der Waals surface area contributed by atoms with Gasteiger partial charge < -0.3 is 30.7 Å². The van der Waals surface area contributed by atoms with Crippen molar-refractivity contribution in [2.75, 3.05) is 26.3 Å². The number of carbonyl (C=O) groups is 3. The molecule has 1 aliphatic heterocycles. The number of morpholine rings is 1. The summed E-state index contributed by atoms with van der Waals surface area (Å²) in [6.07, 6.45) is 2.92. The molecule has 1 aromatic carbocycles. The molecule has 2 amide bonds. The lowest BCUT2D eigenvalue weighted by Gasteiger charge is -2.33. The first-order chi connectivity index (χ1) is 20.9. The van der Waals surface area contributed by atoms with Crippen molar-refractivity contribution in [2.24, 2.45) is 11.8 Å². The molecule has 5 atom stereocenters. The van der Waals surface area contributed by atoms with Gasteiger partial charge in [-0.25, -0.2) is 4.79 Å². The van der Waals surface area contributed by atoms with Crippen molar-refractivity contribution < 1.29 is 42.9 Å². The maximum absolute atomic E-state index is 13.5. The molecule has 6 N–H and O–H groups in total. The second kappa shape index (κ2) is 17.2. The van der Waals surface area contributed by atoms with Crippen molar-refractivity contribution in [1.82, 2.24) is 19.7 Å². The number of nitrogens with one attached hydrogen (secondary N) is 3. The van der Waals surface area contributed by atoms with E-state index in [0.717, 1.165) is 36.4 Å². The molecule has 1 aliphatic carbocycles. The predicted molar refractivity (Wildman–Crippen MR) is 163 cm³/mol. The summed E-state index contributed by atoms with van der Waals surface area (Å²) < 4.78 is 35.0. The summed E-state index contributed by atoms with van der Waals surface area (Å²) >= 11 is 0. The second-order valence-corrected chi connectivity index (χ2v) is 13.9. The molecule has 14 heteroatoms. The van der Waals surface area contributed by atoms with E-state index in [1.165, 1.54) is 0 Å². The lowest BCUT2D eigenvalue weighted by atomic mass is 9.82. The number of ether oxygens (including phenoxy) is 1. The number of aliphatic hydroxyl groups is 2. The highest BCUT2D eigenvalue weighted by Crippen LogP contribution is 2.29. The summed E-state index contributed by atoms with van der Waals surface area (Å²) in [5, 5.41) is 36.4. The fourth-order valence-electron chi connectivity index (χ4n) is 5.78. The van der Waals surface area contributed by atoms with E-state index in [4.69, 9.17) is 4.74 Å². The summed E-state index contributed by atoms with van der Waals surface area (Å²) in [6, 6.07) is 4.15. The van der Waals surface area contributed by atoms with Crippen LogP contribution < -0.4 is 15.4 Å². The SMILES string of the molecule is CC(C)C[C@H](O)[C@H](O)[C@H](CC1CCCCC1)NC(=O)C(NC(=O)[C@H](Cc1ccccc1)NS(=O)(=O)N1CCOCC1)C(=O)O. The maximum atomic E-state index is 13.5. The molecule has 2 fully saturated rings. The topological polar surface area (TPSA) is 195 Å². The molecule has 0 bridgehead atoms. The number of benzene rings is 1. The van der Waals surface area contributed by atoms with Crippen LogP contribution in [0.2, 0.25) is 0 Å². The van der Waals surface area contributed by atoms with Crippen molar-refractivity contribution in [3.05, 3.63) is 35.9 Å². The lowest BCUT2D eigenvalue weighted by Crippen LogP contribution is -2.61. The first kappa shape index (κ1) is 35.9. The smallest absolute Gasteiger partial charge is 0.336 e. The van der Waals surface area contributed by atoms with E-state index in [9.17, 15) is 38.1 Å². The van der Waals surface area contributed by atoms with E-state index in [2.05, 4.69) is 15.4 Å². The number of aliphatic carboxylic acids is 1. The molecule has 2 aliphatic rings. The van der Waals surface area contributed by atoms with Gasteiger partial charge in [-0.3, -0.25) is 9.59 Å². The van der Waals surface area contributed by atoms with E-state index >= 15 is 0 Å². The molecule has 1 saturated carbocycles. The van der Waals surface area contributed by atoms with Gasteiger partial charge in [0, 0.05) is 13.1 Å². The van der Waals surface area contributed by atoms with Crippen LogP contribution in [-0.4, -0.2) is 102 Å². The van der Waals surface area contributed by atoms with Gasteiger partial charge in [-0.05, 0) is 36.7 Å². The number of carbonyl (C=O) groups excluding carboxylic acids is 2. The summed E-state index contributed by atoms with van der Waals surface area (Å²) in [5.74, 6) is -3.48. The third-order valence-electron chi connectivity index (χ3n) is 8.16. The van der Waals surface area contributed by atoms with Gasteiger partial charge in [0.2, 0.25) is 11.9 Å². The standard InChI is InChI=1S/C30H48N4O9S/c1-20(2)17-25(35)27(36)23(18-21-9-5-3-6-10-21)31-29(38)26(30(39)40)32-28(37)24(19-22-11-7-4-8-12-22)33-44(41,42)34-13-15-43-16-14-34/h4,7-8,11-12,20-21,23-27,33,35-36H,3,5-6,9-10,13-19H2,1-2H3,(H,31,38)(H,32,37)(H,39,40)/t23-,24-,25-,26?,27+/m0/s1. The Morgan fingerprint density at radius 2 is 1.61 bits per heavy atom. The predicted octanol–water partition coefficient (Wildman–Crippen LogP) is 0.557. The van der Waals surface area contributed by atoms with Crippen molar-refractivity contribution in [3.8, 4) is 0 Å². The van der Waals surface area contributed by atoms with Crippen LogP contribution in [0.4, 0.5) is 0 Å². The third kappa shape index (κ3) is 11.1. The highest BCUT2D eigenvalue weighted by Gasteiger charge is 2.38. The van der Waals surface area contributed by atoms with Gasteiger partial charge in [-0.2, -0.15) is 17.4 Å². The first-order valence-corrected chi connectivity index (χ1v) is 16.9. The summed E-state index contributed by atoms with van der Waals surface area (Å²) in [7, 11) is -4.16. The largest absolute Gasteiger partial charge is 0.479 e. The minimum atomic E-state index is -4.16. The third-order valence-corrected chi connectivity index (χ3v) is 9.78. The molecule has 0 aromatic heterocycles. The second-order valence-electron chi connectivity index (χ2n) is 12.2. The van der Waals surface area contributed by atoms with E-state index in [-0.39, 0.29) is 51.0 Å². The molecule has 1 heterocycles. The minimum absolute atomic E-state index is 0.0690. The molecule has 248 valence electrons. The van der Waals surface area contributed by atoms with E-state index < -0.39 is 58.3 Å². The molecular formula is C30H48N4O9S. The van der Waals surface area contributed by atoms with Gasteiger partial charge in [-0.15, -0.1) is 0 Å². The van der Waals surface area contributed by atoms with E-state index in [1.54, 1.807) is 30.3 Å². The molecule has 0 radical (unpaired) electrons. The van der Waals surface area contributed by atoms with Gasteiger partial charge in [0.15, 0.2) is 0 Å². The van der Waals surface area contributed by atoms with Crippen LogP contribution in [0.1, 0.15) is 64.4 Å². The number of amides is 2. The number of carboxylic acids is 1. The zero-order chi connectivity index (χ0) is 32.3. The van der Waals surface area contributed by atoms with Crippen LogP contribution in [0.3, 0.4) is 0 Å². The molecular weight excluding hydrogens is 592 g/mol. The Morgan fingerprint density at radius 1 is 0.977 bits per heavy atom. The highest BCUT2D eigenvalue weighted by atomic mass is 32.2. The molecule has 13 nitrogen and oxygen atoms in total. The Balaban J connectivity index is 1.79. The van der Waals surface area contributed by atoms with Crippen LogP contribution >= 0.6 is 0 Å². The maximum Gasteiger partial charge on any atom is 0.336 e. The number of rotatable bonds is 16. The van der Waals surface area contributed by atoms with Gasteiger partial charge in [0.1, 0.15) is 12.1 Å². The zero-order valence-corrected chi connectivity index (χ0v) is 26.4. The van der Waals surface area contributed by atoms with Gasteiger partial charge in [0.25, 0.3) is 16.1 Å². The van der Waals surface area contributed by atoms with Crippen LogP contribution in [0.5, 0.6) is 0 Å². The van der Waals surface area contributed by atoms with Crippen LogP contribution in [0.25, 0.3) is 0 Å². The fraction of sp³-hybridized carbons (Fsp3) is 0.700. The number of hydrogen-bond donors (Lipinski definition) is 6. The van der Waals surface area contributed by atoms with Crippen molar-refractivity contribution in [2.45, 2.75) is 95.5 Å². The van der Waals surface area contributed by atoms with Crippen LogP contribution in [0, 0.1) is 11.8 Å². The quantitative estimate of drug-likeness (QED) is 0.140. The summed E-state index contributed by atoms with van der Waals surface area (Å²) in [4.78, 5) is 39.1. The molecule has 1 saturated heterocycles. The number of hydrogen-bond acceptors (Lipinski definition) is 8. The molecule has 1 aromatic rings. The van der Waals surface area contributed by atoms with Crippen LogP contribution in [0.15, 0.2) is 30.3 Å². The summed E-state index contributed by atoms with van der Waals surface area (Å²) in [6.45, 7) is 4.33. The normalized spacial score (nSPS) is 20.3. The van der Waals surface area contributed by atoms with E-state index in [0.29, 0.717) is 12.0 Å². The average molecular weight is 641 g/mol. The van der Waals surface area contributed by atoms with Crippen LogP contribution in [-0.2, 0) is 35.8 Å². The molecule has 0 spiro atoms. The fourth-order valence-corrected chi connectivity index (χ4v) is 7.11. The molecule has 1 unspecified atom stereocenters. The number of aliphatic hydroxyl groups excluding tert-OH is 2. The van der Waals surface area contributed by atoms with E-state index in [1.807, 2.05) is 13.8 Å². The molecule has 44 heavy (non-hydrogen) atoms. The highest BCUT2D eigenvalue weighted by molar-refractivity contribution is 7.87. The first-order valence-electron chi connectivity index (χ1n) is 15.5. The van der Waals surface area contributed by atoms with Crippen molar-refractivity contribution in [1.29, 1.82) is 0 Å². The van der Waals surface area contributed by atoms with Gasteiger partial charge in [-0.1, -0.05) is 76.3 Å². The lowest BCUT2D eigenvalue weighted by molar-refractivity contribution is -0.147. The van der Waals surface area contributed by atoms with Crippen molar-refractivity contribution in [3.63, 3.8) is 0 Å². The Kier molecular flexibility index (Phi) is 14.0. The Hall–Kier alpha value is -2.62. The molecule has 3 rings (SSSR count). The minimum Gasteiger partial charge on any atom is -0.479 e. The zero-order valence-electron chi connectivity index (χ0n) is 25.6. The summed E-state index contributed by atoms with van der Waals surface area (Å²) in [5.41, 5.74) is 0.614. The monoisotopic (exact) mass is 640 g/mol. The number of nitrogens with zero attached hydrogens (tertiary/aromatic N) is 1. The van der Waals surface area contributed by atoms with Gasteiger partial charge >= 0.3 is 5.97 Å². The van der Waals surface area contributed by atoms with Crippen molar-refractivity contribution >= 4 is 28.0 Å². The Morgan fingerprint density at radius 3 is 2.20 bits per heavy atom.